The van der Waals surface area contributed by atoms with Gasteiger partial charge in [0, 0.05) is 18.7 Å². The van der Waals surface area contributed by atoms with Crippen molar-refractivity contribution in [1.82, 2.24) is 5.32 Å². The highest BCUT2D eigenvalue weighted by Crippen LogP contribution is 2.42. The van der Waals surface area contributed by atoms with Gasteiger partial charge in [-0.1, -0.05) is 12.8 Å². The first-order chi connectivity index (χ1) is 8.40. The highest BCUT2D eigenvalue weighted by atomic mass is 16.5. The molecule has 2 unspecified atom stereocenters. The van der Waals surface area contributed by atoms with Crippen molar-refractivity contribution in [2.45, 2.75) is 76.5 Å². The van der Waals surface area contributed by atoms with E-state index in [1.807, 2.05) is 0 Å². The van der Waals surface area contributed by atoms with Gasteiger partial charge in [0.05, 0.1) is 11.7 Å². The minimum Gasteiger partial charge on any atom is -0.392 e. The molecule has 3 heteroatoms. The van der Waals surface area contributed by atoms with Crippen molar-refractivity contribution >= 4 is 0 Å². The first-order valence-electron chi connectivity index (χ1n) is 7.47. The lowest BCUT2D eigenvalue weighted by Crippen LogP contribution is -2.47. The quantitative estimate of drug-likeness (QED) is 0.814. The number of β-amino-alcohol motifs (C(OH)–C–C–N with tert-alkyl or cyclic N) is 1. The van der Waals surface area contributed by atoms with Crippen molar-refractivity contribution < 1.29 is 9.84 Å². The Hall–Kier alpha value is -0.120. The Morgan fingerprint density at radius 3 is 2.61 bits per heavy atom. The topological polar surface area (TPSA) is 41.5 Å². The van der Waals surface area contributed by atoms with E-state index in [1.54, 1.807) is 0 Å². The zero-order valence-corrected chi connectivity index (χ0v) is 12.2. The molecule has 0 aromatic heterocycles. The fourth-order valence-corrected chi connectivity index (χ4v) is 3.34. The summed E-state index contributed by atoms with van der Waals surface area (Å²) in [7, 11) is 0. The van der Waals surface area contributed by atoms with Crippen molar-refractivity contribution in [1.29, 1.82) is 0 Å². The number of nitrogens with one attached hydrogen (secondary N) is 1. The maximum absolute atomic E-state index is 10.4. The molecule has 106 valence electrons. The van der Waals surface area contributed by atoms with E-state index in [1.165, 1.54) is 25.7 Å². The van der Waals surface area contributed by atoms with E-state index in [0.717, 1.165) is 19.4 Å². The van der Waals surface area contributed by atoms with Gasteiger partial charge < -0.3 is 15.2 Å². The third-order valence-electron chi connectivity index (χ3n) is 4.43. The summed E-state index contributed by atoms with van der Waals surface area (Å²) >= 11 is 0. The van der Waals surface area contributed by atoms with Gasteiger partial charge in [-0.05, 0) is 52.4 Å². The molecule has 0 aromatic carbocycles. The van der Waals surface area contributed by atoms with Gasteiger partial charge in [-0.25, -0.2) is 0 Å². The number of hydrogen-bond donors (Lipinski definition) is 2. The molecule has 1 heterocycles. The second kappa shape index (κ2) is 5.48. The van der Waals surface area contributed by atoms with Gasteiger partial charge >= 0.3 is 0 Å². The van der Waals surface area contributed by atoms with Crippen LogP contribution >= 0.6 is 0 Å². The Balaban J connectivity index is 1.84. The van der Waals surface area contributed by atoms with Crippen LogP contribution in [0, 0.1) is 5.92 Å². The van der Waals surface area contributed by atoms with Crippen molar-refractivity contribution in [2.24, 2.45) is 5.92 Å². The third kappa shape index (κ3) is 3.69. The summed E-state index contributed by atoms with van der Waals surface area (Å²) in [5.74, 6) is 0.409. The molecule has 18 heavy (non-hydrogen) atoms. The first-order valence-corrected chi connectivity index (χ1v) is 7.47. The lowest BCUT2D eigenvalue weighted by atomic mass is 9.81. The molecule has 0 amide bonds. The first kappa shape index (κ1) is 14.3. The standard InChI is InChI=1S/C15H29NO2/c1-14(2,3)16-11-13(17)12-6-9-18-15(10-12)7-4-5-8-15/h12-13,16-17H,4-11H2,1-3H3. The molecule has 1 spiro atoms. The van der Waals surface area contributed by atoms with Crippen LogP contribution in [-0.2, 0) is 4.74 Å². The lowest BCUT2D eigenvalue weighted by molar-refractivity contribution is -0.112. The molecule has 1 aliphatic heterocycles. The number of ether oxygens (including phenoxy) is 1. The van der Waals surface area contributed by atoms with Crippen LogP contribution in [0.25, 0.3) is 0 Å². The molecule has 3 nitrogen and oxygen atoms in total. The SMILES string of the molecule is CC(C)(C)NCC(O)C1CCOC2(CCCC2)C1. The summed E-state index contributed by atoms with van der Waals surface area (Å²) in [4.78, 5) is 0. The van der Waals surface area contributed by atoms with Gasteiger partial charge in [0.25, 0.3) is 0 Å². The molecule has 2 fully saturated rings. The molecular formula is C15H29NO2. The van der Waals surface area contributed by atoms with Gasteiger partial charge in [-0.2, -0.15) is 0 Å². The van der Waals surface area contributed by atoms with Crippen molar-refractivity contribution in [3.05, 3.63) is 0 Å². The molecule has 2 aliphatic rings. The fraction of sp³-hybridized carbons (Fsp3) is 1.00. The molecule has 0 radical (unpaired) electrons. The molecule has 1 saturated heterocycles. The van der Waals surface area contributed by atoms with E-state index < -0.39 is 0 Å². The zero-order chi connectivity index (χ0) is 13.2. The molecular weight excluding hydrogens is 226 g/mol. The maximum Gasteiger partial charge on any atom is 0.0694 e. The summed E-state index contributed by atoms with van der Waals surface area (Å²) in [6, 6.07) is 0. The molecule has 0 aromatic rings. The Morgan fingerprint density at radius 1 is 1.33 bits per heavy atom. The third-order valence-corrected chi connectivity index (χ3v) is 4.43. The van der Waals surface area contributed by atoms with Crippen LogP contribution in [0.1, 0.15) is 59.3 Å². The highest BCUT2D eigenvalue weighted by molar-refractivity contribution is 4.93. The lowest BCUT2D eigenvalue weighted by Gasteiger charge is -2.40. The van der Waals surface area contributed by atoms with Crippen molar-refractivity contribution in [3.63, 3.8) is 0 Å². The van der Waals surface area contributed by atoms with Crippen LogP contribution in [0.2, 0.25) is 0 Å². The molecule has 1 saturated carbocycles. The van der Waals surface area contributed by atoms with Gasteiger partial charge in [0.15, 0.2) is 0 Å². The summed E-state index contributed by atoms with van der Waals surface area (Å²) in [5.41, 5.74) is 0.197. The van der Waals surface area contributed by atoms with Gasteiger partial charge in [0.1, 0.15) is 0 Å². The molecule has 2 atom stereocenters. The number of hydrogen-bond acceptors (Lipinski definition) is 3. The predicted molar refractivity (Wildman–Crippen MR) is 73.6 cm³/mol. The van der Waals surface area contributed by atoms with E-state index in [2.05, 4.69) is 26.1 Å². The second-order valence-electron chi connectivity index (χ2n) is 7.19. The van der Waals surface area contributed by atoms with Gasteiger partial charge in [-0.15, -0.1) is 0 Å². The molecule has 1 aliphatic carbocycles. The Kier molecular flexibility index (Phi) is 4.35. The zero-order valence-electron chi connectivity index (χ0n) is 12.2. The Morgan fingerprint density at radius 2 is 2.00 bits per heavy atom. The van der Waals surface area contributed by atoms with Gasteiger partial charge in [-0.3, -0.25) is 0 Å². The largest absolute Gasteiger partial charge is 0.392 e. The van der Waals surface area contributed by atoms with Crippen molar-refractivity contribution in [2.75, 3.05) is 13.2 Å². The van der Waals surface area contributed by atoms with Crippen molar-refractivity contribution in [3.8, 4) is 0 Å². The van der Waals surface area contributed by atoms with Crippen LogP contribution in [0.5, 0.6) is 0 Å². The van der Waals surface area contributed by atoms with E-state index >= 15 is 0 Å². The summed E-state index contributed by atoms with van der Waals surface area (Å²) < 4.78 is 6.02. The average Bonchev–Trinajstić information content (AvgIpc) is 2.73. The van der Waals surface area contributed by atoms with E-state index in [-0.39, 0.29) is 17.2 Å². The minimum atomic E-state index is -0.231. The monoisotopic (exact) mass is 255 g/mol. The smallest absolute Gasteiger partial charge is 0.0694 e. The normalized spacial score (nSPS) is 29.7. The summed E-state index contributed by atoms with van der Waals surface area (Å²) in [5, 5.41) is 13.8. The van der Waals surface area contributed by atoms with Gasteiger partial charge in [0.2, 0.25) is 0 Å². The van der Waals surface area contributed by atoms with Crippen LogP contribution in [-0.4, -0.2) is 35.5 Å². The van der Waals surface area contributed by atoms with E-state index in [0.29, 0.717) is 12.5 Å². The van der Waals surface area contributed by atoms with Crippen LogP contribution < -0.4 is 5.32 Å². The number of aliphatic hydroxyl groups is 1. The van der Waals surface area contributed by atoms with Crippen LogP contribution in [0.15, 0.2) is 0 Å². The molecule has 0 bridgehead atoms. The maximum atomic E-state index is 10.4. The Labute approximate surface area is 111 Å². The highest BCUT2D eigenvalue weighted by Gasteiger charge is 2.41. The second-order valence-corrected chi connectivity index (χ2v) is 7.19. The van der Waals surface area contributed by atoms with E-state index in [9.17, 15) is 5.11 Å². The molecule has 2 rings (SSSR count). The predicted octanol–water partition coefficient (Wildman–Crippen LogP) is 2.47. The molecule has 2 N–H and O–H groups in total. The summed E-state index contributed by atoms with van der Waals surface area (Å²) in [6.07, 6.45) is 6.82. The Bertz CT molecular complexity index is 266. The minimum absolute atomic E-state index is 0.0805. The number of rotatable bonds is 3. The average molecular weight is 255 g/mol. The van der Waals surface area contributed by atoms with Crippen LogP contribution in [0.3, 0.4) is 0 Å². The number of aliphatic hydroxyl groups excluding tert-OH is 1. The van der Waals surface area contributed by atoms with Crippen LogP contribution in [0.4, 0.5) is 0 Å². The fourth-order valence-electron chi connectivity index (χ4n) is 3.34. The summed E-state index contributed by atoms with van der Waals surface area (Å²) in [6.45, 7) is 7.95. The van der Waals surface area contributed by atoms with E-state index in [4.69, 9.17) is 4.74 Å².